The van der Waals surface area contributed by atoms with Crippen LogP contribution in [0.5, 0.6) is 0 Å². The van der Waals surface area contributed by atoms with Gasteiger partial charge in [-0.1, -0.05) is 144 Å². The van der Waals surface area contributed by atoms with Crippen LogP contribution >= 0.6 is 11.3 Å². The van der Waals surface area contributed by atoms with Crippen molar-refractivity contribution in [2.75, 3.05) is 0 Å². The van der Waals surface area contributed by atoms with Gasteiger partial charge in [0.15, 0.2) is 6.39 Å². The topological polar surface area (TPSA) is 164 Å². The van der Waals surface area contributed by atoms with Crippen LogP contribution in [-0.4, -0.2) is 50.7 Å². The van der Waals surface area contributed by atoms with Gasteiger partial charge >= 0.3 is 0 Å². The van der Waals surface area contributed by atoms with Crippen molar-refractivity contribution in [3.8, 4) is 0 Å². The number of H-pyrrole nitrogens is 3. The van der Waals surface area contributed by atoms with Crippen molar-refractivity contribution in [1.82, 2.24) is 50.7 Å². The van der Waals surface area contributed by atoms with Crippen molar-refractivity contribution in [3.63, 3.8) is 0 Å². The van der Waals surface area contributed by atoms with Crippen LogP contribution in [0.25, 0.3) is 0 Å². The maximum atomic E-state index is 4.47. The second kappa shape index (κ2) is 57.3. The Morgan fingerprint density at radius 3 is 1.12 bits per heavy atom. The van der Waals surface area contributed by atoms with Gasteiger partial charge in [-0.3, -0.25) is 10.1 Å². The van der Waals surface area contributed by atoms with Crippen molar-refractivity contribution in [3.05, 3.63) is 104 Å². The molecule has 0 radical (unpaired) electrons. The lowest BCUT2D eigenvalue weighted by atomic mass is 10.0. The molecule has 0 bridgehead atoms. The van der Waals surface area contributed by atoms with Gasteiger partial charge in [0.05, 0.1) is 30.3 Å². The highest BCUT2D eigenvalue weighted by molar-refractivity contribution is 7.07. The van der Waals surface area contributed by atoms with Crippen LogP contribution in [0, 0.1) is 35.0 Å². The Morgan fingerprint density at radius 1 is 0.554 bits per heavy atom. The average molecular weight is 807 g/mol. The largest absolute Gasteiger partial charge is 0.452 e. The van der Waals surface area contributed by atoms with Gasteiger partial charge in [0.1, 0.15) is 25.2 Å². The van der Waals surface area contributed by atoms with E-state index in [9.17, 15) is 0 Å². The zero-order chi connectivity index (χ0) is 43.6. The molecule has 12 nitrogen and oxygen atoms in total. The highest BCUT2D eigenvalue weighted by Gasteiger charge is 1.95. The first-order valence-corrected chi connectivity index (χ1v) is 19.7. The summed E-state index contributed by atoms with van der Waals surface area (Å²) < 4.78 is 8.81. The Kier molecular flexibility index (Phi) is 68.0. The molecule has 0 saturated heterocycles. The normalized spacial score (nSPS) is 8.57. The summed E-state index contributed by atoms with van der Waals surface area (Å²) in [5.74, 6) is 4.17. The summed E-state index contributed by atoms with van der Waals surface area (Å²) in [6.45, 7) is 41.2. The molecule has 6 rings (SSSR count). The molecule has 0 aliphatic rings. The predicted molar refractivity (Wildman–Crippen MR) is 243 cm³/mol. The summed E-state index contributed by atoms with van der Waals surface area (Å²) in [6, 6.07) is 5.61. The molecule has 0 spiro atoms. The summed E-state index contributed by atoms with van der Waals surface area (Å²) in [4.78, 5) is 13.7. The molecule has 56 heavy (non-hydrogen) atoms. The van der Waals surface area contributed by atoms with Gasteiger partial charge in [-0.2, -0.15) is 20.5 Å². The minimum atomic E-state index is 0. The van der Waals surface area contributed by atoms with E-state index >= 15 is 0 Å². The van der Waals surface area contributed by atoms with E-state index in [1.165, 1.54) is 31.6 Å². The fourth-order valence-electron chi connectivity index (χ4n) is 1.14. The van der Waals surface area contributed by atoms with Crippen molar-refractivity contribution < 1.29 is 8.94 Å². The first-order chi connectivity index (χ1) is 25.7. The van der Waals surface area contributed by atoms with E-state index in [0.717, 1.165) is 29.6 Å². The SMILES string of the molecule is C.CC(C)(C)C.CC(C)C.CC(C)C.CC(C)C.CC(C)C.CC(C)C.c1cc[nH]c1.c1cn[nH]n1.c1cnoc1.c1cocn1.c1cscn1.c1nc[nH]n1. The zero-order valence-electron chi connectivity index (χ0n) is 38.1. The van der Waals surface area contributed by atoms with Crippen molar-refractivity contribution >= 4 is 11.3 Å². The molecule has 6 aromatic heterocycles. The molecule has 0 atom stereocenters. The summed E-state index contributed by atoms with van der Waals surface area (Å²) >= 11 is 1.60. The third kappa shape index (κ3) is 179. The predicted octanol–water partition coefficient (Wildman–Crippen LogP) is 14.1. The van der Waals surface area contributed by atoms with Gasteiger partial charge in [0.2, 0.25) is 0 Å². The van der Waals surface area contributed by atoms with Crippen molar-refractivity contribution in [2.24, 2.45) is 35.0 Å². The molecule has 0 amide bonds. The lowest BCUT2D eigenvalue weighted by Gasteiger charge is -2.05. The molecule has 6 aromatic rings. The fraction of sp³-hybridized carbons (Fsp3) is 0.605. The van der Waals surface area contributed by atoms with E-state index in [0.29, 0.717) is 5.41 Å². The second-order valence-corrected chi connectivity index (χ2v) is 16.6. The van der Waals surface area contributed by atoms with Gasteiger partial charge in [0.25, 0.3) is 0 Å². The summed E-state index contributed by atoms with van der Waals surface area (Å²) in [5, 5.41) is 20.6. The maximum Gasteiger partial charge on any atom is 0.180 e. The molecule has 0 unspecified atom stereocenters. The molecule has 326 valence electrons. The van der Waals surface area contributed by atoms with Crippen LogP contribution in [0.4, 0.5) is 0 Å². The van der Waals surface area contributed by atoms with Gasteiger partial charge in [0, 0.05) is 24.0 Å². The Labute approximate surface area is 348 Å². The number of aromatic nitrogens is 10. The number of rotatable bonds is 0. The van der Waals surface area contributed by atoms with E-state index in [1.807, 2.05) is 29.9 Å². The Bertz CT molecular complexity index is 858. The lowest BCUT2D eigenvalue weighted by molar-refractivity contribution is 0.420. The highest BCUT2D eigenvalue weighted by Crippen LogP contribution is 2.08. The van der Waals surface area contributed by atoms with E-state index in [4.69, 9.17) is 0 Å². The summed E-state index contributed by atoms with van der Waals surface area (Å²) in [7, 11) is 0. The number of oxazole rings is 1. The van der Waals surface area contributed by atoms with Crippen molar-refractivity contribution in [1.29, 1.82) is 0 Å². The summed E-state index contributed by atoms with van der Waals surface area (Å²) in [6.07, 6.45) is 19.2. The van der Waals surface area contributed by atoms with Crippen LogP contribution in [0.1, 0.15) is 139 Å². The maximum absolute atomic E-state index is 4.47. The molecule has 0 saturated carbocycles. The Balaban J connectivity index is -0.0000000936. The van der Waals surface area contributed by atoms with Crippen LogP contribution < -0.4 is 0 Å². The lowest BCUT2D eigenvalue weighted by Crippen LogP contribution is -1.93. The van der Waals surface area contributed by atoms with Gasteiger partial charge in [-0.15, -0.1) is 11.3 Å². The Hall–Kier alpha value is -4.39. The van der Waals surface area contributed by atoms with Gasteiger partial charge in [-0.05, 0) is 53.2 Å². The van der Waals surface area contributed by atoms with E-state index in [1.54, 1.807) is 53.9 Å². The highest BCUT2D eigenvalue weighted by atomic mass is 32.1. The molecule has 13 heteroatoms. The van der Waals surface area contributed by atoms with Crippen LogP contribution in [0.15, 0.2) is 113 Å². The number of nitrogens with one attached hydrogen (secondary N) is 3. The molecule has 6 heterocycles. The minimum absolute atomic E-state index is 0. The van der Waals surface area contributed by atoms with E-state index in [-0.39, 0.29) is 7.43 Å². The van der Waals surface area contributed by atoms with Crippen LogP contribution in [-0.2, 0) is 0 Å². The Morgan fingerprint density at radius 2 is 1.02 bits per heavy atom. The third-order valence-electron chi connectivity index (χ3n) is 2.20. The zero-order valence-corrected chi connectivity index (χ0v) is 38.9. The second-order valence-electron chi connectivity index (χ2n) is 15.9. The summed E-state index contributed by atoms with van der Waals surface area (Å²) in [5.41, 5.74) is 2.29. The molecule has 0 aromatic carbocycles. The number of hydrogen-bond acceptors (Lipinski definition) is 10. The first-order valence-electron chi connectivity index (χ1n) is 18.8. The smallest absolute Gasteiger partial charge is 0.180 e. The van der Waals surface area contributed by atoms with Gasteiger partial charge in [-0.25, -0.2) is 9.97 Å². The number of aromatic amines is 3. The number of thiazole rings is 1. The molecular weight excluding hydrogens is 721 g/mol. The standard InChI is InChI=1S/C5H12.C4H5N.5C4H10.2C3H3NO.C3H3NS.2C2H3N3.CH4/c1-5(2,3)4;1-2-4-5-3-1;5*1-4(2)3;1-2-5-3-4-1;1-2-4-5-3-1;1-2-5-3-4-1;1-3-2-5-4-1;1-2-4-5-3-1;/h1-4H3;1-5H;5*4H,1-3H3;3*1-3H;2*1-2H,(H,3,4,5);1H4. The monoisotopic (exact) mass is 807 g/mol. The average Bonchev–Trinajstić information content (AvgIpc) is 3.91. The molecule has 0 aliphatic carbocycles. The number of nitrogens with zero attached hydrogens (tertiary/aromatic N) is 7. The van der Waals surface area contributed by atoms with Crippen molar-refractivity contribution in [2.45, 2.75) is 139 Å². The van der Waals surface area contributed by atoms with Crippen LogP contribution in [0.2, 0.25) is 0 Å². The molecule has 0 aliphatic heterocycles. The van der Waals surface area contributed by atoms with E-state index < -0.39 is 0 Å². The molecule has 0 fully saturated rings. The minimum Gasteiger partial charge on any atom is -0.452 e. The molecular formula is C43H86N10O2S. The molecule has 3 N–H and O–H groups in total. The van der Waals surface area contributed by atoms with Crippen LogP contribution in [0.3, 0.4) is 0 Å². The van der Waals surface area contributed by atoms with E-state index in [2.05, 4.69) is 191 Å². The quantitative estimate of drug-likeness (QED) is 0.135. The number of hydrogen-bond donors (Lipinski definition) is 3. The fourth-order valence-corrected chi connectivity index (χ4v) is 1.49. The third-order valence-corrected chi connectivity index (χ3v) is 2.72. The first kappa shape index (κ1) is 66.4. The van der Waals surface area contributed by atoms with Gasteiger partial charge < -0.3 is 13.9 Å².